The molecule has 2 heteroatoms. The van der Waals surface area contributed by atoms with Crippen molar-refractivity contribution in [3.8, 4) is 33.4 Å². The first-order valence-electron chi connectivity index (χ1n) is 19.0. The Bertz CT molecular complexity index is 2740. The summed E-state index contributed by atoms with van der Waals surface area (Å²) in [5.74, 6) is 0.620. The van der Waals surface area contributed by atoms with Crippen LogP contribution in [0.1, 0.15) is 49.3 Å². The third-order valence-corrected chi connectivity index (χ3v) is 11.4. The molecule has 0 saturated carbocycles. The molecule has 2 nitrogen and oxygen atoms in total. The first kappa shape index (κ1) is 32.3. The molecule has 1 aromatic heterocycles. The highest BCUT2D eigenvalue weighted by Crippen LogP contribution is 2.51. The van der Waals surface area contributed by atoms with Gasteiger partial charge in [0.15, 0.2) is 0 Å². The van der Waals surface area contributed by atoms with Gasteiger partial charge in [-0.05, 0) is 116 Å². The first-order chi connectivity index (χ1) is 26.4. The number of anilines is 3. The molecule has 1 heterocycles. The lowest BCUT2D eigenvalue weighted by Crippen LogP contribution is -2.17. The minimum absolute atomic E-state index is 0.0629. The molecular weight excluding hydrogens is 655 g/mol. The molecule has 2 atom stereocenters. The Balaban J connectivity index is 1.07. The fourth-order valence-electron chi connectivity index (χ4n) is 8.55. The van der Waals surface area contributed by atoms with E-state index in [1.54, 1.807) is 0 Å². The smallest absolute Gasteiger partial charge is 0.135 e. The van der Waals surface area contributed by atoms with Crippen LogP contribution < -0.4 is 4.90 Å². The first-order valence-corrected chi connectivity index (χ1v) is 19.0. The van der Waals surface area contributed by atoms with Crippen molar-refractivity contribution in [1.29, 1.82) is 0 Å². The summed E-state index contributed by atoms with van der Waals surface area (Å²) in [5, 5.41) is 2.32. The predicted molar refractivity (Wildman–Crippen MR) is 227 cm³/mol. The minimum atomic E-state index is 0.0629. The fraction of sp³-hybridized carbons (Fsp3) is 0.115. The minimum Gasteiger partial charge on any atom is -0.456 e. The lowest BCUT2D eigenvalue weighted by Gasteiger charge is -2.35. The summed E-state index contributed by atoms with van der Waals surface area (Å²) in [7, 11) is 0. The maximum absolute atomic E-state index is 6.27. The van der Waals surface area contributed by atoms with Gasteiger partial charge in [0.2, 0.25) is 0 Å². The summed E-state index contributed by atoms with van der Waals surface area (Å²) in [6, 6.07) is 57.7. The molecule has 0 aliphatic heterocycles. The third kappa shape index (κ3) is 5.49. The van der Waals surface area contributed by atoms with Crippen molar-refractivity contribution in [1.82, 2.24) is 0 Å². The Morgan fingerprint density at radius 2 is 0.981 bits per heavy atom. The van der Waals surface area contributed by atoms with Crippen LogP contribution in [0.15, 0.2) is 186 Å². The molecule has 260 valence electrons. The number of allylic oxidation sites excluding steroid dienone is 4. The zero-order valence-corrected chi connectivity index (χ0v) is 30.8. The fourth-order valence-corrected chi connectivity index (χ4v) is 8.55. The van der Waals surface area contributed by atoms with E-state index in [2.05, 4.69) is 208 Å². The van der Waals surface area contributed by atoms with E-state index in [-0.39, 0.29) is 11.3 Å². The number of benzene rings is 7. The van der Waals surface area contributed by atoms with Crippen molar-refractivity contribution >= 4 is 39.0 Å². The average Bonchev–Trinajstić information content (AvgIpc) is 3.59. The van der Waals surface area contributed by atoms with Crippen LogP contribution in [-0.4, -0.2) is 0 Å². The van der Waals surface area contributed by atoms with E-state index in [4.69, 9.17) is 4.42 Å². The summed E-state index contributed by atoms with van der Waals surface area (Å²) >= 11 is 0. The van der Waals surface area contributed by atoms with Gasteiger partial charge in [-0.25, -0.2) is 0 Å². The van der Waals surface area contributed by atoms with Crippen molar-refractivity contribution in [2.24, 2.45) is 0 Å². The zero-order valence-electron chi connectivity index (χ0n) is 30.8. The van der Waals surface area contributed by atoms with E-state index in [1.807, 2.05) is 0 Å². The molecule has 0 bridgehead atoms. The summed E-state index contributed by atoms with van der Waals surface area (Å²) in [4.78, 5) is 2.40. The van der Waals surface area contributed by atoms with Gasteiger partial charge < -0.3 is 9.32 Å². The zero-order chi connectivity index (χ0) is 36.4. The van der Waals surface area contributed by atoms with Gasteiger partial charge in [0.1, 0.15) is 11.2 Å². The van der Waals surface area contributed by atoms with E-state index in [0.717, 1.165) is 33.6 Å². The Morgan fingerprint density at radius 3 is 1.69 bits per heavy atom. The molecule has 2 aliphatic rings. The summed E-state index contributed by atoms with van der Waals surface area (Å²) in [5.41, 5.74) is 16.8. The molecule has 0 N–H and O–H groups in total. The summed E-state index contributed by atoms with van der Waals surface area (Å²) in [6.45, 7) is 6.78. The molecule has 0 spiro atoms. The molecule has 2 aliphatic carbocycles. The normalized spacial score (nSPS) is 15.9. The van der Waals surface area contributed by atoms with Crippen LogP contribution in [0.25, 0.3) is 55.3 Å². The number of rotatable bonds is 5. The topological polar surface area (TPSA) is 16.4 Å². The van der Waals surface area contributed by atoms with Crippen LogP contribution in [0.5, 0.6) is 0 Å². The number of hydrogen-bond donors (Lipinski definition) is 0. The van der Waals surface area contributed by atoms with Crippen LogP contribution in [0, 0.1) is 0 Å². The van der Waals surface area contributed by atoms with Gasteiger partial charge in [0.05, 0.1) is 0 Å². The van der Waals surface area contributed by atoms with Gasteiger partial charge in [-0.15, -0.1) is 0 Å². The molecule has 54 heavy (non-hydrogen) atoms. The molecule has 0 saturated heterocycles. The van der Waals surface area contributed by atoms with E-state index >= 15 is 0 Å². The van der Waals surface area contributed by atoms with E-state index in [0.29, 0.717) is 5.92 Å². The predicted octanol–water partition coefficient (Wildman–Crippen LogP) is 14.7. The number of furan rings is 1. The summed E-state index contributed by atoms with van der Waals surface area (Å²) < 4.78 is 6.27. The third-order valence-electron chi connectivity index (χ3n) is 11.4. The van der Waals surface area contributed by atoms with Gasteiger partial charge in [0.25, 0.3) is 0 Å². The molecule has 8 aromatic rings. The van der Waals surface area contributed by atoms with E-state index < -0.39 is 0 Å². The number of hydrogen-bond acceptors (Lipinski definition) is 2. The molecule has 0 radical (unpaired) electrons. The van der Waals surface area contributed by atoms with Gasteiger partial charge in [-0.3, -0.25) is 0 Å². The second-order valence-electron chi connectivity index (χ2n) is 15.7. The van der Waals surface area contributed by atoms with E-state index in [9.17, 15) is 0 Å². The van der Waals surface area contributed by atoms with Crippen LogP contribution >= 0.6 is 0 Å². The van der Waals surface area contributed by atoms with Gasteiger partial charge in [-0.1, -0.05) is 142 Å². The monoisotopic (exact) mass is 695 g/mol. The van der Waals surface area contributed by atoms with Gasteiger partial charge in [-0.2, -0.15) is 0 Å². The number of nitrogens with zero attached hydrogens (tertiary/aromatic N) is 1. The second-order valence-corrected chi connectivity index (χ2v) is 15.7. The van der Waals surface area contributed by atoms with Crippen molar-refractivity contribution in [3.63, 3.8) is 0 Å². The SMILES string of the molecule is CC(C)(C)c1ccc2oc3ccc(-c4ccc(N(c5ccc(-c6ccccc6)cc5)c5ccc6c(c5)C5C=CC=CC5c5ccccc5-6)cc4)cc3c2c1. The molecule has 10 rings (SSSR count). The highest BCUT2D eigenvalue weighted by atomic mass is 16.3. The highest BCUT2D eigenvalue weighted by molar-refractivity contribution is 6.06. The van der Waals surface area contributed by atoms with Gasteiger partial charge in [0, 0.05) is 39.7 Å². The van der Waals surface area contributed by atoms with Crippen molar-refractivity contribution in [2.45, 2.75) is 38.0 Å². The Kier molecular flexibility index (Phi) is 7.56. The largest absolute Gasteiger partial charge is 0.456 e. The highest BCUT2D eigenvalue weighted by Gasteiger charge is 2.32. The molecule has 0 amide bonds. The van der Waals surface area contributed by atoms with Crippen molar-refractivity contribution < 1.29 is 4.42 Å². The maximum atomic E-state index is 6.27. The van der Waals surface area contributed by atoms with Crippen LogP contribution in [0.3, 0.4) is 0 Å². The lowest BCUT2D eigenvalue weighted by molar-refractivity contribution is 0.590. The molecule has 0 fully saturated rings. The van der Waals surface area contributed by atoms with Gasteiger partial charge >= 0.3 is 0 Å². The average molecular weight is 696 g/mol. The molecule has 7 aromatic carbocycles. The summed E-state index contributed by atoms with van der Waals surface area (Å²) in [6.07, 6.45) is 9.15. The Morgan fingerprint density at radius 1 is 0.444 bits per heavy atom. The van der Waals surface area contributed by atoms with Crippen molar-refractivity contribution in [3.05, 3.63) is 199 Å². The molecule has 2 unspecified atom stereocenters. The second kappa shape index (κ2) is 12.6. The quantitative estimate of drug-likeness (QED) is 0.178. The van der Waals surface area contributed by atoms with E-state index in [1.165, 1.54) is 55.5 Å². The Labute approximate surface area is 317 Å². The maximum Gasteiger partial charge on any atom is 0.135 e. The Hall–Kier alpha value is -6.38. The standard InChI is InChI=1S/C52H41NO/c1-52(2,3)38-22-30-51-49(32-38)48-31-37(21-29-50(48)54-51)36-19-25-40(26-20-36)53(39-23-17-35(18-24-39)34-11-5-4-6-12-34)41-27-28-46-44-15-8-7-13-42(44)43-14-9-10-16-45(43)47(46)33-41/h4-33,43,45H,1-3H3. The van der Waals surface area contributed by atoms with Crippen LogP contribution in [-0.2, 0) is 5.41 Å². The molecular formula is C52H41NO. The van der Waals surface area contributed by atoms with Crippen LogP contribution in [0.4, 0.5) is 17.1 Å². The number of fused-ring (bicyclic) bond motifs is 9. The lowest BCUT2D eigenvalue weighted by atomic mass is 9.70. The van der Waals surface area contributed by atoms with Crippen LogP contribution in [0.2, 0.25) is 0 Å². The van der Waals surface area contributed by atoms with Crippen molar-refractivity contribution in [2.75, 3.05) is 4.90 Å².